The average molecular weight is 296 g/mol. The van der Waals surface area contributed by atoms with Crippen LogP contribution in [0.3, 0.4) is 0 Å². The van der Waals surface area contributed by atoms with E-state index in [1.54, 1.807) is 30.5 Å². The van der Waals surface area contributed by atoms with Crippen molar-refractivity contribution in [2.75, 3.05) is 0 Å². The van der Waals surface area contributed by atoms with Crippen LogP contribution in [0.4, 0.5) is 5.69 Å². The van der Waals surface area contributed by atoms with Gasteiger partial charge in [-0.15, -0.1) is 5.10 Å². The molecule has 0 saturated carbocycles. The van der Waals surface area contributed by atoms with Crippen LogP contribution in [-0.2, 0) is 0 Å². The van der Waals surface area contributed by atoms with E-state index in [2.05, 4.69) is 10.3 Å². The molecule has 0 aliphatic carbocycles. The Balaban J connectivity index is 1.86. The Morgan fingerprint density at radius 2 is 1.77 bits per heavy atom. The molecular weight excluding hydrogens is 284 g/mol. The number of nitro benzene ring substituents is 1. The van der Waals surface area contributed by atoms with Crippen molar-refractivity contribution in [3.05, 3.63) is 82.2 Å². The molecule has 1 aromatic heterocycles. The van der Waals surface area contributed by atoms with E-state index < -0.39 is 11.0 Å². The zero-order valence-corrected chi connectivity index (χ0v) is 11.4. The van der Waals surface area contributed by atoms with Gasteiger partial charge in [-0.2, -0.15) is 0 Å². The summed E-state index contributed by atoms with van der Waals surface area (Å²) < 4.78 is 1.46. The average Bonchev–Trinajstić information content (AvgIpc) is 3.05. The van der Waals surface area contributed by atoms with Crippen molar-refractivity contribution in [3.8, 4) is 5.69 Å². The Bertz CT molecular complexity index is 784. The minimum Gasteiger partial charge on any atom is -0.382 e. The summed E-state index contributed by atoms with van der Waals surface area (Å²) in [5.41, 5.74) is 1.76. The van der Waals surface area contributed by atoms with Gasteiger partial charge in [-0.05, 0) is 17.7 Å². The maximum absolute atomic E-state index is 10.6. The first-order chi connectivity index (χ1) is 10.6. The van der Waals surface area contributed by atoms with Gasteiger partial charge in [-0.1, -0.05) is 35.5 Å². The number of non-ortho nitro benzene ring substituents is 1. The molecule has 2 aromatic carbocycles. The van der Waals surface area contributed by atoms with Crippen LogP contribution in [0, 0.1) is 10.1 Å². The summed E-state index contributed by atoms with van der Waals surface area (Å²) in [6.07, 6.45) is 0.728. The zero-order valence-electron chi connectivity index (χ0n) is 11.4. The van der Waals surface area contributed by atoms with Crippen molar-refractivity contribution < 1.29 is 10.0 Å². The maximum Gasteiger partial charge on any atom is 0.269 e. The molecule has 1 heterocycles. The lowest BCUT2D eigenvalue weighted by Gasteiger charge is -2.06. The molecule has 22 heavy (non-hydrogen) atoms. The van der Waals surface area contributed by atoms with Gasteiger partial charge in [0.1, 0.15) is 11.8 Å². The Labute approximate surface area is 125 Å². The molecule has 3 aromatic rings. The van der Waals surface area contributed by atoms with Gasteiger partial charge < -0.3 is 5.11 Å². The summed E-state index contributed by atoms with van der Waals surface area (Å²) >= 11 is 0. The van der Waals surface area contributed by atoms with E-state index in [4.69, 9.17) is 0 Å². The van der Waals surface area contributed by atoms with Gasteiger partial charge in [-0.25, -0.2) is 4.68 Å². The van der Waals surface area contributed by atoms with Crippen molar-refractivity contribution in [1.82, 2.24) is 15.0 Å². The van der Waals surface area contributed by atoms with Crippen molar-refractivity contribution in [3.63, 3.8) is 0 Å². The smallest absolute Gasteiger partial charge is 0.269 e. The molecule has 7 heteroatoms. The van der Waals surface area contributed by atoms with Gasteiger partial charge in [0.15, 0.2) is 0 Å². The van der Waals surface area contributed by atoms with Crippen LogP contribution in [0.1, 0.15) is 17.4 Å². The third-order valence-corrected chi connectivity index (χ3v) is 3.23. The van der Waals surface area contributed by atoms with Crippen LogP contribution in [0.5, 0.6) is 0 Å². The van der Waals surface area contributed by atoms with E-state index in [0.29, 0.717) is 11.4 Å². The predicted molar refractivity (Wildman–Crippen MR) is 78.5 cm³/mol. The summed E-state index contributed by atoms with van der Waals surface area (Å²) in [5, 5.41) is 28.8. The number of aliphatic hydroxyl groups is 1. The summed E-state index contributed by atoms with van der Waals surface area (Å²) in [7, 11) is 0. The molecule has 0 fully saturated rings. The second-order valence-electron chi connectivity index (χ2n) is 4.67. The summed E-state index contributed by atoms with van der Waals surface area (Å²) in [5.74, 6) is 0. The third kappa shape index (κ3) is 2.70. The highest BCUT2D eigenvalue weighted by molar-refractivity contribution is 5.40. The topological polar surface area (TPSA) is 94.1 Å². The lowest BCUT2D eigenvalue weighted by molar-refractivity contribution is -0.384. The van der Waals surface area contributed by atoms with E-state index in [9.17, 15) is 15.2 Å². The van der Waals surface area contributed by atoms with E-state index in [0.717, 1.165) is 5.56 Å². The van der Waals surface area contributed by atoms with Gasteiger partial charge in [0.2, 0.25) is 0 Å². The second-order valence-corrected chi connectivity index (χ2v) is 4.67. The standard InChI is InChI=1S/C15H12N4O3/c20-15(11-4-2-1-3-5-11)14-10-18(17-16-14)12-6-8-13(9-7-12)19(21)22/h1-10,15,20H/t15-/m1/s1. The number of hydrogen-bond acceptors (Lipinski definition) is 5. The van der Waals surface area contributed by atoms with Crippen LogP contribution >= 0.6 is 0 Å². The molecule has 7 nitrogen and oxygen atoms in total. The third-order valence-electron chi connectivity index (χ3n) is 3.23. The van der Waals surface area contributed by atoms with E-state index in [1.807, 2.05) is 18.2 Å². The van der Waals surface area contributed by atoms with E-state index in [1.165, 1.54) is 16.8 Å². The summed E-state index contributed by atoms with van der Waals surface area (Å²) in [4.78, 5) is 10.2. The number of nitrogens with zero attached hydrogens (tertiary/aromatic N) is 4. The molecule has 0 unspecified atom stereocenters. The molecule has 0 bridgehead atoms. The number of rotatable bonds is 4. The molecule has 1 atom stereocenters. The van der Waals surface area contributed by atoms with Crippen LogP contribution < -0.4 is 0 Å². The first-order valence-electron chi connectivity index (χ1n) is 6.55. The van der Waals surface area contributed by atoms with Crippen LogP contribution in [0.2, 0.25) is 0 Å². The van der Waals surface area contributed by atoms with Crippen molar-refractivity contribution in [2.24, 2.45) is 0 Å². The van der Waals surface area contributed by atoms with E-state index in [-0.39, 0.29) is 5.69 Å². The highest BCUT2D eigenvalue weighted by atomic mass is 16.6. The Hall–Kier alpha value is -3.06. The number of aliphatic hydroxyl groups excluding tert-OH is 1. The molecule has 110 valence electrons. The molecule has 0 radical (unpaired) electrons. The first kappa shape index (κ1) is 13.9. The van der Waals surface area contributed by atoms with Gasteiger partial charge in [0, 0.05) is 12.1 Å². The van der Waals surface area contributed by atoms with Gasteiger partial charge in [0.05, 0.1) is 16.8 Å². The summed E-state index contributed by atoms with van der Waals surface area (Å²) in [6, 6.07) is 15.1. The van der Waals surface area contributed by atoms with Crippen LogP contribution in [0.15, 0.2) is 60.8 Å². The molecule has 0 aliphatic heterocycles. The molecule has 0 spiro atoms. The fourth-order valence-electron chi connectivity index (χ4n) is 2.06. The van der Waals surface area contributed by atoms with Gasteiger partial charge in [-0.3, -0.25) is 10.1 Å². The molecule has 0 saturated heterocycles. The number of nitro groups is 1. The molecular formula is C15H12N4O3. The maximum atomic E-state index is 10.6. The minimum atomic E-state index is -0.868. The largest absolute Gasteiger partial charge is 0.382 e. The lowest BCUT2D eigenvalue weighted by atomic mass is 10.1. The fraction of sp³-hybridized carbons (Fsp3) is 0.0667. The first-order valence-corrected chi connectivity index (χ1v) is 6.55. The quantitative estimate of drug-likeness (QED) is 0.588. The number of benzene rings is 2. The van der Waals surface area contributed by atoms with Crippen molar-refractivity contribution >= 4 is 5.69 Å². The summed E-state index contributed by atoms with van der Waals surface area (Å²) in [6.45, 7) is 0. The zero-order chi connectivity index (χ0) is 15.5. The molecule has 0 amide bonds. The van der Waals surface area contributed by atoms with Gasteiger partial charge >= 0.3 is 0 Å². The predicted octanol–water partition coefficient (Wildman–Crippen LogP) is 2.26. The highest BCUT2D eigenvalue weighted by Gasteiger charge is 2.15. The van der Waals surface area contributed by atoms with Gasteiger partial charge in [0.25, 0.3) is 5.69 Å². The number of aromatic nitrogens is 3. The monoisotopic (exact) mass is 296 g/mol. The van der Waals surface area contributed by atoms with Crippen LogP contribution in [-0.4, -0.2) is 25.0 Å². The Kier molecular flexibility index (Phi) is 3.63. The normalized spacial score (nSPS) is 12.0. The molecule has 1 N–H and O–H groups in total. The minimum absolute atomic E-state index is 0.00779. The van der Waals surface area contributed by atoms with Crippen molar-refractivity contribution in [2.45, 2.75) is 6.10 Å². The number of hydrogen-bond donors (Lipinski definition) is 1. The second kappa shape index (κ2) is 5.74. The highest BCUT2D eigenvalue weighted by Crippen LogP contribution is 2.21. The lowest BCUT2D eigenvalue weighted by Crippen LogP contribution is -1.99. The van der Waals surface area contributed by atoms with Crippen LogP contribution in [0.25, 0.3) is 5.69 Å². The Morgan fingerprint density at radius 1 is 1.09 bits per heavy atom. The van der Waals surface area contributed by atoms with E-state index >= 15 is 0 Å². The fourth-order valence-corrected chi connectivity index (χ4v) is 2.06. The van der Waals surface area contributed by atoms with Crippen molar-refractivity contribution in [1.29, 1.82) is 0 Å². The molecule has 0 aliphatic rings. The molecule has 3 rings (SSSR count). The Morgan fingerprint density at radius 3 is 2.41 bits per heavy atom. The SMILES string of the molecule is O=[N+]([O-])c1ccc(-n2cc([C@H](O)c3ccccc3)nn2)cc1.